The number of primary amides is 1. The Morgan fingerprint density at radius 1 is 0.693 bits per heavy atom. The molecular formula is C84H130F3N27O24S2. The lowest BCUT2D eigenvalue weighted by atomic mass is 9.88. The molecule has 4 aliphatic rings. The van der Waals surface area contributed by atoms with Crippen LogP contribution in [0.25, 0.3) is 0 Å². The molecular weight excluding hydrogens is 1890 g/mol. The number of carbonyl (C=O) groups excluding carboxylic acids is 16. The van der Waals surface area contributed by atoms with Crippen LogP contribution in [0.2, 0.25) is 0 Å². The summed E-state index contributed by atoms with van der Waals surface area (Å²) in [6.07, 6.45) is -7.09. The summed E-state index contributed by atoms with van der Waals surface area (Å²) in [7, 11) is 1.88. The molecule has 29 N–H and O–H groups in total. The van der Waals surface area contributed by atoms with Gasteiger partial charge in [-0.1, -0.05) is 80.5 Å². The first kappa shape index (κ1) is 115. The van der Waals surface area contributed by atoms with Crippen molar-refractivity contribution in [3.05, 3.63) is 59.9 Å². The van der Waals surface area contributed by atoms with E-state index in [1.807, 2.05) is 0 Å². The Balaban J connectivity index is 1.03. The number of aliphatic hydroxyl groups excluding tert-OH is 3. The lowest BCUT2D eigenvalue weighted by Gasteiger charge is -2.42. The Kier molecular flexibility index (Phi) is 46.5. The van der Waals surface area contributed by atoms with Crippen LogP contribution in [0, 0.1) is 28.6 Å². The fraction of sp³-hybridized carbons (Fsp3) is 0.655. The monoisotopic (exact) mass is 2020 g/mol. The third-order valence-corrected chi connectivity index (χ3v) is 24.7. The molecule has 0 unspecified atom stereocenters. The predicted octanol–water partition coefficient (Wildman–Crippen LogP) is -7.49. The normalized spacial score (nSPS) is 23.6. The van der Waals surface area contributed by atoms with Crippen molar-refractivity contribution in [2.75, 3.05) is 84.0 Å². The molecule has 51 nitrogen and oxygen atoms in total. The number of nitrogens with two attached hydrogens (primary N) is 3. The lowest BCUT2D eigenvalue weighted by molar-refractivity contribution is -0.240. The third kappa shape index (κ3) is 37.7. The fourth-order valence-electron chi connectivity index (χ4n) is 15.1. The van der Waals surface area contributed by atoms with Crippen molar-refractivity contribution >= 4 is 128 Å². The molecule has 16 atom stereocenters. The number of hydrogen-bond acceptors (Lipinski definition) is 31. The third-order valence-electron chi connectivity index (χ3n) is 22.6. The summed E-state index contributed by atoms with van der Waals surface area (Å²) in [4.78, 5) is 233. The Hall–Kier alpha value is -12.4. The molecule has 0 radical (unpaired) electrons. The van der Waals surface area contributed by atoms with Crippen LogP contribution < -0.4 is 102 Å². The maximum atomic E-state index is 15.0. The van der Waals surface area contributed by atoms with Crippen molar-refractivity contribution in [2.45, 2.75) is 247 Å². The predicted molar refractivity (Wildman–Crippen MR) is 493 cm³/mol. The quantitative estimate of drug-likeness (QED) is 0.0108. The number of aromatic amines is 1. The Morgan fingerprint density at radius 2 is 1.36 bits per heavy atom. The Bertz CT molecular complexity index is 4700. The number of aliphatic hydroxyl groups is 3. The SMILES string of the molecule is CC(C)C[C@@H]1NC(=O)[C@@H](NC(=O)[C@@H](NC(=O)[C@H](CCC(N)=O)NC(=O)[C@H](Cc2cnc[nH]2)NC(=O)CCOCCNC(=O)CCCc2cn(CCOC[C@@]34CO[C@@H](O3)[C@@H](NC(=O)C(F)(F)F)[C@@H](O)[C@H]4O)nn2)C(C)C)CSSCNC(=O)[C@H](C(C)C)NC(=O)[C@@H]2CCCN2C(=O)[C@H](CCCNC(=N)N)NC(=O)CNC(=O)[C@H](CCCNC(=N)N)NC(=O)[C@@H](Cc2ccc(O)cc2)NC(=O)[C@H](CO)NC1=O. The van der Waals surface area contributed by atoms with Gasteiger partial charge in [0.05, 0.1) is 70.6 Å². The topological polar surface area (TPSA) is 772 Å². The second kappa shape index (κ2) is 56.8. The van der Waals surface area contributed by atoms with E-state index in [0.717, 1.165) is 21.6 Å². The first-order valence-corrected chi connectivity index (χ1v) is 48.1. The number of aryl methyl sites for hydroxylation is 1. The highest BCUT2D eigenvalue weighted by atomic mass is 33.1. The van der Waals surface area contributed by atoms with Gasteiger partial charge in [-0.3, -0.25) is 87.5 Å². The number of nitrogens with zero attached hydrogens (tertiary/aromatic N) is 5. The van der Waals surface area contributed by atoms with Gasteiger partial charge in [-0.25, -0.2) is 9.67 Å². The van der Waals surface area contributed by atoms with Crippen LogP contribution in [0.5, 0.6) is 5.75 Å². The number of phenolic OH excluding ortho intramolecular Hbond substituents is 1. The average molecular weight is 2020 g/mol. The van der Waals surface area contributed by atoms with E-state index in [0.29, 0.717) is 36.2 Å². The Morgan fingerprint density at radius 3 is 2.01 bits per heavy atom. The number of amides is 16. The van der Waals surface area contributed by atoms with Gasteiger partial charge in [-0.15, -0.1) is 5.10 Å². The van der Waals surface area contributed by atoms with E-state index in [1.165, 1.54) is 60.2 Å². The van der Waals surface area contributed by atoms with Crippen LogP contribution >= 0.6 is 21.6 Å². The molecule has 56 heteroatoms. The van der Waals surface area contributed by atoms with Crippen LogP contribution in [-0.2, 0) is 121 Å². The molecule has 4 fully saturated rings. The van der Waals surface area contributed by atoms with Gasteiger partial charge in [0, 0.05) is 82.1 Å². The zero-order valence-corrected chi connectivity index (χ0v) is 79.9. The van der Waals surface area contributed by atoms with Crippen LogP contribution in [-0.4, -0.2) is 343 Å². The van der Waals surface area contributed by atoms with Gasteiger partial charge < -0.3 is 152 Å². The molecule has 1 aromatic carbocycles. The van der Waals surface area contributed by atoms with E-state index in [4.69, 9.17) is 47.0 Å². The van der Waals surface area contributed by atoms with Crippen molar-refractivity contribution in [3.63, 3.8) is 0 Å². The fourth-order valence-corrected chi connectivity index (χ4v) is 17.0. The molecule has 6 heterocycles. The molecule has 16 amide bonds. The van der Waals surface area contributed by atoms with E-state index < -0.39 is 241 Å². The van der Waals surface area contributed by atoms with Gasteiger partial charge in [-0.2, -0.15) is 13.2 Å². The highest BCUT2D eigenvalue weighted by Gasteiger charge is 2.61. The number of hydrogen-bond donors (Lipinski definition) is 26. The molecule has 4 saturated heterocycles. The summed E-state index contributed by atoms with van der Waals surface area (Å²) in [6, 6.07) is -13.0. The van der Waals surface area contributed by atoms with Crippen molar-refractivity contribution in [2.24, 2.45) is 35.0 Å². The van der Waals surface area contributed by atoms with Crippen molar-refractivity contribution in [3.8, 4) is 5.75 Å². The van der Waals surface area contributed by atoms with E-state index >= 15 is 4.79 Å². The summed E-state index contributed by atoms with van der Waals surface area (Å²) in [5.74, 6) is -19.0. The van der Waals surface area contributed by atoms with E-state index in [-0.39, 0.29) is 159 Å². The molecule has 0 aliphatic carbocycles. The van der Waals surface area contributed by atoms with Gasteiger partial charge in [0.2, 0.25) is 88.6 Å². The molecule has 4 aliphatic heterocycles. The number of halogens is 3. The van der Waals surface area contributed by atoms with E-state index in [2.05, 4.69) is 100 Å². The van der Waals surface area contributed by atoms with Crippen molar-refractivity contribution < 1.29 is 129 Å². The van der Waals surface area contributed by atoms with Crippen molar-refractivity contribution in [1.29, 1.82) is 10.8 Å². The number of alkyl halides is 3. The number of benzene rings is 1. The van der Waals surface area contributed by atoms with E-state index in [9.17, 15) is 106 Å². The lowest BCUT2D eigenvalue weighted by Crippen LogP contribution is -2.67. The van der Waals surface area contributed by atoms with Gasteiger partial charge in [0.1, 0.15) is 96.1 Å². The minimum atomic E-state index is -5.26. The number of aromatic nitrogens is 5. The highest BCUT2D eigenvalue weighted by molar-refractivity contribution is 8.76. The van der Waals surface area contributed by atoms with Crippen LogP contribution in [0.1, 0.15) is 136 Å². The molecule has 2 bridgehead atoms. The number of phenols is 1. The summed E-state index contributed by atoms with van der Waals surface area (Å²) in [6.45, 7) is 7.11. The maximum absolute atomic E-state index is 15.0. The van der Waals surface area contributed by atoms with Crippen LogP contribution in [0.15, 0.2) is 43.0 Å². The molecule has 0 spiro atoms. The standard InChI is InChI=1S/C84H130F3N27O24S2/c1-43(2)31-53-70(125)106-56(37-115)73(128)105-54(32-46-16-18-49(116)19-17-46)71(126)102-50(12-8-23-95-81(89)90)68(123)97-35-62(120)100-52(13-9-24-96-82(91)92)78(133)114-26-10-14-58(114)75(130)109-63(44(3)4)76(131)99-42-140-139-38-57(74(129)104-53)107-77(132)64(45(5)6)108-69(124)51(20-21-59(88)117)103-72(127)55(33-48-34-93-41-98-48)101-61(119)22-28-135-29-25-94-60(118)15-7-11-47-36-113(112-111-47)27-30-136-39-83-40-137-79(138-83)65(66(121)67(83)122)110-80(134)84(85,86)87/h16-19,34,36,41,43-45,50-58,63-67,79,115-116,121-122H,7-15,20-33,35,37-40,42H2,1-6H3,(H2,88,117)(H,93,98)(H,94,118)(H,97,123)(H,99,131)(H,100,120)(H,101,119)(H,102,126)(H,103,127)(H,104,129)(H,105,128)(H,106,125)(H,107,132)(H,108,124)(H,109,130)(H,110,134)(H4,89,90,95)(H4,91,92,96)/t50-,51-,52-,53-,54+,55-,56-,57-,58-,63-,64-,65-,66+,67+,79-,83-/m0/s1. The number of H-pyrrole nitrogens is 1. The summed E-state index contributed by atoms with van der Waals surface area (Å²) in [5.41, 5.74) is 16.2. The smallest absolute Gasteiger partial charge is 0.471 e. The summed E-state index contributed by atoms with van der Waals surface area (Å²) < 4.78 is 62.4. The molecule has 7 rings (SSSR count). The molecule has 140 heavy (non-hydrogen) atoms. The average Bonchev–Trinajstić information content (AvgIpc) is 1.59. The minimum absolute atomic E-state index is 0.00108. The number of fused-ring (bicyclic) bond motifs is 3. The zero-order valence-electron chi connectivity index (χ0n) is 78.3. The number of aromatic hydroxyl groups is 1. The van der Waals surface area contributed by atoms with Crippen LogP contribution in [0.4, 0.5) is 13.2 Å². The second-order valence-electron chi connectivity index (χ2n) is 34.9. The number of nitrogens with one attached hydrogen (secondary N) is 19. The number of rotatable bonds is 43. The molecule has 0 saturated carbocycles. The highest BCUT2D eigenvalue weighted by Crippen LogP contribution is 2.38. The largest absolute Gasteiger partial charge is 0.508 e. The maximum Gasteiger partial charge on any atom is 0.471 e. The first-order valence-electron chi connectivity index (χ1n) is 45.6. The number of imidazole rings is 1. The zero-order chi connectivity index (χ0) is 103. The first-order chi connectivity index (χ1) is 66.3. The summed E-state index contributed by atoms with van der Waals surface area (Å²) in [5, 5.41) is 106. The van der Waals surface area contributed by atoms with E-state index in [1.54, 1.807) is 39.2 Å². The van der Waals surface area contributed by atoms with Gasteiger partial charge in [0.15, 0.2) is 18.2 Å². The number of guanidine groups is 2. The molecule has 2 aromatic heterocycles. The van der Waals surface area contributed by atoms with Gasteiger partial charge >= 0.3 is 12.1 Å². The van der Waals surface area contributed by atoms with Gasteiger partial charge in [0.25, 0.3) is 0 Å². The Labute approximate surface area is 811 Å². The number of ether oxygens (including phenoxy) is 4. The minimum Gasteiger partial charge on any atom is -0.508 e. The van der Waals surface area contributed by atoms with Crippen LogP contribution in [0.3, 0.4) is 0 Å². The van der Waals surface area contributed by atoms with Gasteiger partial charge in [-0.05, 0) is 99.7 Å². The molecule has 3 aromatic rings. The molecule has 778 valence electrons. The second-order valence-corrected chi connectivity index (χ2v) is 37.4. The summed E-state index contributed by atoms with van der Waals surface area (Å²) >= 11 is 0. The van der Waals surface area contributed by atoms with Crippen molar-refractivity contribution in [1.82, 2.24) is 115 Å². The number of carbonyl (C=O) groups is 16.